The van der Waals surface area contributed by atoms with Gasteiger partial charge in [-0.25, -0.2) is 0 Å². The van der Waals surface area contributed by atoms with Gasteiger partial charge in [0.25, 0.3) is 5.91 Å². The molecule has 2 saturated heterocycles. The summed E-state index contributed by atoms with van der Waals surface area (Å²) in [6.07, 6.45) is 8.61. The Bertz CT molecular complexity index is 1500. The fourth-order valence-electron chi connectivity index (χ4n) is 7.02. The van der Waals surface area contributed by atoms with Crippen molar-refractivity contribution in [2.75, 3.05) is 31.1 Å². The number of likely N-dealkylation sites (tertiary alicyclic amines) is 1. The first-order valence-electron chi connectivity index (χ1n) is 15.5. The van der Waals surface area contributed by atoms with Crippen LogP contribution in [0, 0.1) is 11.8 Å². The number of ether oxygens (including phenoxy) is 2. The van der Waals surface area contributed by atoms with E-state index in [1.165, 1.54) is 0 Å². The molecule has 6 rings (SSSR count). The van der Waals surface area contributed by atoms with E-state index in [9.17, 15) is 24.3 Å². The minimum atomic E-state index is -1.32. The number of fused-ring (bicyclic) bond motifs is 3. The molecule has 4 heterocycles. The number of amides is 3. The second kappa shape index (κ2) is 12.5. The highest BCUT2D eigenvalue weighted by Crippen LogP contribution is 2.55. The predicted molar refractivity (Wildman–Crippen MR) is 163 cm³/mol. The van der Waals surface area contributed by atoms with E-state index in [0.29, 0.717) is 37.9 Å². The normalized spacial score (nSPS) is 31.4. The van der Waals surface area contributed by atoms with Gasteiger partial charge in [0.1, 0.15) is 23.7 Å². The topological polar surface area (TPSA) is 125 Å². The van der Waals surface area contributed by atoms with Crippen molar-refractivity contribution in [2.45, 2.75) is 62.9 Å². The highest BCUT2D eigenvalue weighted by molar-refractivity contribution is 6.06. The summed E-state index contributed by atoms with van der Waals surface area (Å²) in [6.45, 7) is 2.41. The van der Waals surface area contributed by atoms with Gasteiger partial charge in [-0.05, 0) is 55.5 Å². The molecular formula is C34H39N3O7. The number of nitrogens with one attached hydrogen (secondary N) is 1. The van der Waals surface area contributed by atoms with Gasteiger partial charge in [-0.1, -0.05) is 54.6 Å². The van der Waals surface area contributed by atoms with Gasteiger partial charge >= 0.3 is 5.97 Å². The molecule has 0 unspecified atom stereocenters. The van der Waals surface area contributed by atoms with Crippen molar-refractivity contribution in [2.24, 2.45) is 11.8 Å². The number of esters is 1. The molecule has 4 aliphatic rings. The zero-order valence-corrected chi connectivity index (χ0v) is 24.9. The smallest absolute Gasteiger partial charge is 0.313 e. The third-order valence-corrected chi connectivity index (χ3v) is 9.14. The van der Waals surface area contributed by atoms with Crippen LogP contribution in [0.5, 0.6) is 0 Å². The molecule has 10 nitrogen and oxygen atoms in total. The Morgan fingerprint density at radius 3 is 2.64 bits per heavy atom. The lowest BCUT2D eigenvalue weighted by Gasteiger charge is -2.36. The van der Waals surface area contributed by atoms with Crippen LogP contribution in [-0.2, 0) is 28.7 Å². The zero-order valence-electron chi connectivity index (χ0n) is 24.9. The van der Waals surface area contributed by atoms with E-state index in [-0.39, 0.29) is 43.8 Å². The molecule has 2 aromatic rings. The van der Waals surface area contributed by atoms with Crippen LogP contribution in [-0.4, -0.2) is 83.8 Å². The summed E-state index contributed by atoms with van der Waals surface area (Å²) in [7, 11) is 0. The van der Waals surface area contributed by atoms with Gasteiger partial charge in [0, 0.05) is 31.8 Å². The van der Waals surface area contributed by atoms with Crippen LogP contribution >= 0.6 is 0 Å². The number of rotatable bonds is 6. The Morgan fingerprint density at radius 2 is 1.82 bits per heavy atom. The fourth-order valence-corrected chi connectivity index (χ4v) is 7.02. The summed E-state index contributed by atoms with van der Waals surface area (Å²) < 4.78 is 12.2. The molecule has 0 saturated carbocycles. The Labute approximate surface area is 256 Å². The number of cyclic esters (lactones) is 1. The van der Waals surface area contributed by atoms with Crippen LogP contribution in [0.25, 0.3) is 10.8 Å². The summed E-state index contributed by atoms with van der Waals surface area (Å²) in [5.74, 6) is -3.18. The molecule has 4 aliphatic heterocycles. The molecule has 0 radical (unpaired) electrons. The summed E-state index contributed by atoms with van der Waals surface area (Å²) in [4.78, 5) is 58.3. The third-order valence-electron chi connectivity index (χ3n) is 9.14. The quantitative estimate of drug-likeness (QED) is 0.296. The van der Waals surface area contributed by atoms with Gasteiger partial charge in [0.2, 0.25) is 11.8 Å². The lowest BCUT2D eigenvalue weighted by molar-refractivity contribution is -0.158. The average Bonchev–Trinajstić information content (AvgIpc) is 3.66. The SMILES string of the molecule is C[C@@H]1CNC(=O)CC/C=C\CN(c2ccc3ccccc3c2)C(=O)[C@@H]2N(CCCCCO)C(=O)[C@H]3[C@H](C(=O)O1)[C@@H]1C=C[C@]23O1. The van der Waals surface area contributed by atoms with Gasteiger partial charge in [0.05, 0.1) is 18.6 Å². The molecule has 5 bridgehead atoms. The highest BCUT2D eigenvalue weighted by Gasteiger charge is 2.73. The number of allylic oxidation sites excluding steroid dienone is 1. The molecule has 6 atom stereocenters. The number of nitrogens with zero attached hydrogens (tertiary/aromatic N) is 2. The van der Waals surface area contributed by atoms with Crippen LogP contribution in [0.1, 0.15) is 39.0 Å². The average molecular weight is 602 g/mol. The second-order valence-corrected chi connectivity index (χ2v) is 12.1. The van der Waals surface area contributed by atoms with E-state index < -0.39 is 41.7 Å². The van der Waals surface area contributed by atoms with Gasteiger partial charge < -0.3 is 29.7 Å². The van der Waals surface area contributed by atoms with Gasteiger partial charge in [-0.2, -0.15) is 0 Å². The number of unbranched alkanes of at least 4 members (excludes halogenated alkanes) is 2. The molecule has 2 fully saturated rings. The number of carbonyl (C=O) groups excluding carboxylic acids is 4. The molecule has 0 aliphatic carbocycles. The third kappa shape index (κ3) is 5.41. The fraction of sp³-hybridized carbons (Fsp3) is 0.471. The summed E-state index contributed by atoms with van der Waals surface area (Å²) in [5.41, 5.74) is -0.646. The molecule has 0 aromatic heterocycles. The molecule has 10 heteroatoms. The van der Waals surface area contributed by atoms with Crippen molar-refractivity contribution < 1.29 is 33.8 Å². The second-order valence-electron chi connectivity index (χ2n) is 12.1. The van der Waals surface area contributed by atoms with Crippen molar-refractivity contribution in [1.82, 2.24) is 10.2 Å². The standard InChI is InChI=1S/C34H39N3O7/c1-22-21-35-27(39)12-4-2-7-17-36(25-14-13-23-10-5-6-11-24(23)20-25)32(41)30-34-16-15-26(44-34)28(33(42)43-22)29(34)31(40)37(30)18-8-3-9-19-38/h2,5-7,10-11,13-16,20,22,26,28-30,38H,3-4,8-9,12,17-19,21H2,1H3,(H,35,39)/b7-2-/t22-,26+,28-,29-,30+,34-/m1/s1. The van der Waals surface area contributed by atoms with Crippen LogP contribution in [0.15, 0.2) is 66.8 Å². The summed E-state index contributed by atoms with van der Waals surface area (Å²) in [6, 6.07) is 12.7. The van der Waals surface area contributed by atoms with Crippen molar-refractivity contribution in [1.29, 1.82) is 0 Å². The number of aliphatic hydroxyl groups excluding tert-OH is 1. The van der Waals surface area contributed by atoms with Crippen LogP contribution in [0.3, 0.4) is 0 Å². The number of benzene rings is 2. The Balaban J connectivity index is 1.42. The number of anilines is 1. The largest absolute Gasteiger partial charge is 0.460 e. The molecule has 44 heavy (non-hydrogen) atoms. The van der Waals surface area contributed by atoms with Crippen molar-refractivity contribution in [3.8, 4) is 0 Å². The van der Waals surface area contributed by atoms with Crippen LogP contribution < -0.4 is 10.2 Å². The minimum Gasteiger partial charge on any atom is -0.460 e. The number of carbonyl (C=O) groups is 4. The zero-order chi connectivity index (χ0) is 30.8. The van der Waals surface area contributed by atoms with E-state index >= 15 is 0 Å². The van der Waals surface area contributed by atoms with Crippen molar-refractivity contribution >= 4 is 40.2 Å². The molecule has 232 valence electrons. The molecule has 3 amide bonds. The van der Waals surface area contributed by atoms with Gasteiger partial charge in [0.15, 0.2) is 0 Å². The number of aliphatic hydroxyl groups is 1. The molecular weight excluding hydrogens is 562 g/mol. The Kier molecular flexibility index (Phi) is 8.55. The lowest BCUT2D eigenvalue weighted by Crippen LogP contribution is -2.56. The van der Waals surface area contributed by atoms with E-state index in [2.05, 4.69) is 5.32 Å². The van der Waals surface area contributed by atoms with E-state index in [4.69, 9.17) is 9.47 Å². The van der Waals surface area contributed by atoms with E-state index in [1.54, 1.807) is 28.9 Å². The summed E-state index contributed by atoms with van der Waals surface area (Å²) in [5, 5.41) is 14.1. The maximum absolute atomic E-state index is 14.9. The van der Waals surface area contributed by atoms with Crippen LogP contribution in [0.4, 0.5) is 5.69 Å². The monoisotopic (exact) mass is 601 g/mol. The maximum Gasteiger partial charge on any atom is 0.313 e. The number of hydrogen-bond donors (Lipinski definition) is 2. The molecule has 2 N–H and O–H groups in total. The Morgan fingerprint density at radius 1 is 1.00 bits per heavy atom. The molecule has 1 spiro atoms. The number of hydrogen-bond acceptors (Lipinski definition) is 7. The van der Waals surface area contributed by atoms with Crippen molar-refractivity contribution in [3.63, 3.8) is 0 Å². The van der Waals surface area contributed by atoms with E-state index in [1.807, 2.05) is 54.6 Å². The van der Waals surface area contributed by atoms with Gasteiger partial charge in [-0.3, -0.25) is 19.2 Å². The van der Waals surface area contributed by atoms with Crippen LogP contribution in [0.2, 0.25) is 0 Å². The lowest BCUT2D eigenvalue weighted by atomic mass is 9.74. The first-order chi connectivity index (χ1) is 21.3. The van der Waals surface area contributed by atoms with E-state index in [0.717, 1.165) is 10.8 Å². The first kappa shape index (κ1) is 30.0. The minimum absolute atomic E-state index is 0.0467. The highest BCUT2D eigenvalue weighted by atomic mass is 16.6. The van der Waals surface area contributed by atoms with Crippen molar-refractivity contribution in [3.05, 3.63) is 66.8 Å². The van der Waals surface area contributed by atoms with Gasteiger partial charge in [-0.15, -0.1) is 0 Å². The summed E-state index contributed by atoms with van der Waals surface area (Å²) >= 11 is 0. The Hall–Kier alpha value is -4.02. The predicted octanol–water partition coefficient (Wildman–Crippen LogP) is 2.88. The molecule has 2 aromatic carbocycles. The first-order valence-corrected chi connectivity index (χ1v) is 15.5. The maximum atomic E-state index is 14.9.